The molecule has 0 saturated heterocycles. The number of nitrogens with zero attached hydrogens (tertiary/aromatic N) is 1. The second-order valence-electron chi connectivity index (χ2n) is 5.62. The predicted octanol–water partition coefficient (Wildman–Crippen LogP) is 4.44. The SMILES string of the molecule is CCCn1cc(CC)c2cc(C(=O)O)cc(C(C)C)c21. The van der Waals surface area contributed by atoms with Gasteiger partial charge in [-0.15, -0.1) is 0 Å². The highest BCUT2D eigenvalue weighted by molar-refractivity contribution is 5.97. The molecule has 0 aliphatic carbocycles. The molecule has 0 aliphatic heterocycles. The third-order valence-corrected chi connectivity index (χ3v) is 3.80. The molecule has 1 aromatic heterocycles. The Balaban J connectivity index is 2.82. The second-order valence-corrected chi connectivity index (χ2v) is 5.62. The number of aromatic nitrogens is 1. The number of aryl methyl sites for hydroxylation is 2. The Bertz CT molecular complexity index is 638. The quantitative estimate of drug-likeness (QED) is 0.875. The van der Waals surface area contributed by atoms with Gasteiger partial charge >= 0.3 is 5.97 Å². The first kappa shape index (κ1) is 14.6. The molecule has 0 fully saturated rings. The van der Waals surface area contributed by atoms with Crippen LogP contribution < -0.4 is 0 Å². The number of aromatic carboxylic acids is 1. The first-order valence-corrected chi connectivity index (χ1v) is 7.38. The molecule has 1 aromatic carbocycles. The van der Waals surface area contributed by atoms with Gasteiger partial charge in [-0.05, 0) is 42.0 Å². The van der Waals surface area contributed by atoms with E-state index in [-0.39, 0.29) is 0 Å². The summed E-state index contributed by atoms with van der Waals surface area (Å²) in [5.74, 6) is -0.536. The highest BCUT2D eigenvalue weighted by atomic mass is 16.4. The van der Waals surface area contributed by atoms with Gasteiger partial charge in [0.25, 0.3) is 0 Å². The molecular weight excluding hydrogens is 250 g/mol. The van der Waals surface area contributed by atoms with Crippen LogP contribution >= 0.6 is 0 Å². The average Bonchev–Trinajstić information content (AvgIpc) is 2.76. The van der Waals surface area contributed by atoms with Gasteiger partial charge in [0.1, 0.15) is 0 Å². The van der Waals surface area contributed by atoms with Crippen LogP contribution in [-0.4, -0.2) is 15.6 Å². The summed E-state index contributed by atoms with van der Waals surface area (Å²) < 4.78 is 2.29. The molecule has 0 bridgehead atoms. The smallest absolute Gasteiger partial charge is 0.335 e. The van der Waals surface area contributed by atoms with Crippen molar-refractivity contribution in [3.8, 4) is 0 Å². The second kappa shape index (κ2) is 5.70. The fourth-order valence-corrected chi connectivity index (χ4v) is 2.81. The number of fused-ring (bicyclic) bond motifs is 1. The van der Waals surface area contributed by atoms with E-state index in [4.69, 9.17) is 0 Å². The molecule has 3 nitrogen and oxygen atoms in total. The van der Waals surface area contributed by atoms with Crippen molar-refractivity contribution >= 4 is 16.9 Å². The molecule has 0 saturated carbocycles. The van der Waals surface area contributed by atoms with E-state index < -0.39 is 5.97 Å². The van der Waals surface area contributed by atoms with Crippen molar-refractivity contribution in [3.05, 3.63) is 35.0 Å². The first-order valence-electron chi connectivity index (χ1n) is 7.38. The van der Waals surface area contributed by atoms with Gasteiger partial charge in [0.15, 0.2) is 0 Å². The molecule has 0 radical (unpaired) electrons. The Morgan fingerprint density at radius 1 is 1.30 bits per heavy atom. The van der Waals surface area contributed by atoms with Crippen LogP contribution in [0.1, 0.15) is 61.5 Å². The lowest BCUT2D eigenvalue weighted by molar-refractivity contribution is 0.0697. The Hall–Kier alpha value is -1.77. The van der Waals surface area contributed by atoms with Gasteiger partial charge in [-0.1, -0.05) is 27.7 Å². The molecule has 108 valence electrons. The number of carbonyl (C=O) groups is 1. The van der Waals surface area contributed by atoms with E-state index in [1.165, 1.54) is 11.1 Å². The maximum absolute atomic E-state index is 11.3. The zero-order valence-electron chi connectivity index (χ0n) is 12.7. The highest BCUT2D eigenvalue weighted by Crippen LogP contribution is 2.31. The summed E-state index contributed by atoms with van der Waals surface area (Å²) in [7, 11) is 0. The average molecular weight is 273 g/mol. The largest absolute Gasteiger partial charge is 0.478 e. The minimum atomic E-state index is -0.848. The van der Waals surface area contributed by atoms with Gasteiger partial charge in [-0.2, -0.15) is 0 Å². The molecule has 1 heterocycles. The van der Waals surface area contributed by atoms with Crippen molar-refractivity contribution in [3.63, 3.8) is 0 Å². The minimum Gasteiger partial charge on any atom is -0.478 e. The van der Waals surface area contributed by atoms with Crippen molar-refractivity contribution in [2.45, 2.75) is 53.0 Å². The van der Waals surface area contributed by atoms with Crippen LogP contribution in [0.25, 0.3) is 10.9 Å². The molecule has 20 heavy (non-hydrogen) atoms. The normalized spacial score (nSPS) is 11.4. The molecule has 1 N–H and O–H groups in total. The summed E-state index contributed by atoms with van der Waals surface area (Å²) in [6.45, 7) is 9.50. The first-order chi connectivity index (χ1) is 9.49. The number of hydrogen-bond acceptors (Lipinski definition) is 1. The number of carboxylic acids is 1. The van der Waals surface area contributed by atoms with Crippen LogP contribution in [0.4, 0.5) is 0 Å². The van der Waals surface area contributed by atoms with Crippen LogP contribution in [0.15, 0.2) is 18.3 Å². The third kappa shape index (κ3) is 2.45. The van der Waals surface area contributed by atoms with Crippen molar-refractivity contribution in [1.29, 1.82) is 0 Å². The monoisotopic (exact) mass is 273 g/mol. The Morgan fingerprint density at radius 2 is 2.00 bits per heavy atom. The summed E-state index contributed by atoms with van der Waals surface area (Å²) >= 11 is 0. The summed E-state index contributed by atoms with van der Waals surface area (Å²) in [6, 6.07) is 3.66. The number of hydrogen-bond donors (Lipinski definition) is 1. The highest BCUT2D eigenvalue weighted by Gasteiger charge is 2.17. The molecule has 0 spiro atoms. The zero-order chi connectivity index (χ0) is 14.9. The zero-order valence-corrected chi connectivity index (χ0v) is 12.7. The third-order valence-electron chi connectivity index (χ3n) is 3.80. The van der Waals surface area contributed by atoms with E-state index in [0.717, 1.165) is 30.3 Å². The van der Waals surface area contributed by atoms with Gasteiger partial charge in [0, 0.05) is 18.1 Å². The molecular formula is C17H23NO2. The number of rotatable bonds is 5. The summed E-state index contributed by atoms with van der Waals surface area (Å²) in [5, 5.41) is 10.4. The van der Waals surface area contributed by atoms with E-state index >= 15 is 0 Å². The van der Waals surface area contributed by atoms with Gasteiger partial charge in [0.05, 0.1) is 11.1 Å². The van der Waals surface area contributed by atoms with Crippen LogP contribution in [0.3, 0.4) is 0 Å². The lowest BCUT2D eigenvalue weighted by atomic mass is 9.96. The van der Waals surface area contributed by atoms with Crippen LogP contribution in [0.5, 0.6) is 0 Å². The number of benzene rings is 1. The fraction of sp³-hybridized carbons (Fsp3) is 0.471. The van der Waals surface area contributed by atoms with Crippen LogP contribution in [-0.2, 0) is 13.0 Å². The summed E-state index contributed by atoms with van der Waals surface area (Å²) in [4.78, 5) is 11.3. The van der Waals surface area contributed by atoms with Gasteiger partial charge in [0.2, 0.25) is 0 Å². The minimum absolute atomic E-state index is 0.312. The van der Waals surface area contributed by atoms with E-state index in [9.17, 15) is 9.90 Å². The van der Waals surface area contributed by atoms with E-state index in [0.29, 0.717) is 11.5 Å². The maximum Gasteiger partial charge on any atom is 0.335 e. The van der Waals surface area contributed by atoms with Crippen LogP contribution in [0, 0.1) is 0 Å². The molecule has 0 atom stereocenters. The molecule has 2 rings (SSSR count). The Labute approximate surface area is 120 Å². The van der Waals surface area contributed by atoms with E-state index in [1.807, 2.05) is 12.1 Å². The van der Waals surface area contributed by atoms with E-state index in [2.05, 4.69) is 38.5 Å². The van der Waals surface area contributed by atoms with Crippen LogP contribution in [0.2, 0.25) is 0 Å². The molecule has 0 aliphatic rings. The van der Waals surface area contributed by atoms with Crippen molar-refractivity contribution < 1.29 is 9.90 Å². The van der Waals surface area contributed by atoms with Crippen molar-refractivity contribution in [1.82, 2.24) is 4.57 Å². The van der Waals surface area contributed by atoms with Gasteiger partial charge in [-0.3, -0.25) is 0 Å². The summed E-state index contributed by atoms with van der Waals surface area (Å²) in [5.41, 5.74) is 3.97. The lowest BCUT2D eigenvalue weighted by Crippen LogP contribution is -2.03. The van der Waals surface area contributed by atoms with Gasteiger partial charge < -0.3 is 9.67 Å². The molecule has 0 amide bonds. The number of carboxylic acid groups (broad SMARTS) is 1. The Morgan fingerprint density at radius 3 is 2.50 bits per heavy atom. The molecule has 2 aromatic rings. The topological polar surface area (TPSA) is 42.2 Å². The Kier molecular flexibility index (Phi) is 4.17. The maximum atomic E-state index is 11.3. The molecule has 3 heteroatoms. The lowest BCUT2D eigenvalue weighted by Gasteiger charge is -2.13. The van der Waals surface area contributed by atoms with Crippen molar-refractivity contribution in [2.24, 2.45) is 0 Å². The fourth-order valence-electron chi connectivity index (χ4n) is 2.81. The summed E-state index contributed by atoms with van der Waals surface area (Å²) in [6.07, 6.45) is 4.19. The van der Waals surface area contributed by atoms with Gasteiger partial charge in [-0.25, -0.2) is 4.79 Å². The standard InChI is InChI=1S/C17H23NO2/c1-5-7-18-10-12(6-2)15-9-13(17(19)20)8-14(11(3)4)16(15)18/h8-11H,5-7H2,1-4H3,(H,19,20). The van der Waals surface area contributed by atoms with Crippen molar-refractivity contribution in [2.75, 3.05) is 0 Å². The van der Waals surface area contributed by atoms with E-state index in [1.54, 1.807) is 0 Å². The predicted molar refractivity (Wildman–Crippen MR) is 82.7 cm³/mol. The molecule has 0 unspecified atom stereocenters.